The quantitative estimate of drug-likeness (QED) is 0.671. The second kappa shape index (κ2) is 6.97. The van der Waals surface area contributed by atoms with Gasteiger partial charge in [-0.15, -0.1) is 0 Å². The highest BCUT2D eigenvalue weighted by molar-refractivity contribution is 5.80. The molecule has 1 aliphatic heterocycles. The Bertz CT molecular complexity index is 979. The summed E-state index contributed by atoms with van der Waals surface area (Å²) in [6.07, 6.45) is 6.59. The maximum atomic E-state index is 12.3. The molecule has 0 N–H and O–H groups in total. The molecule has 0 radical (unpaired) electrons. The number of ketones is 1. The van der Waals surface area contributed by atoms with E-state index in [-0.39, 0.29) is 11.8 Å². The number of carbonyl (C=O) groups excluding carboxylic acids is 1. The highest BCUT2D eigenvalue weighted by atomic mass is 16.1. The molecule has 2 aromatic carbocycles. The number of fused-ring (bicyclic) bond motifs is 3. The minimum absolute atomic E-state index is 0.242. The molecule has 0 spiro atoms. The van der Waals surface area contributed by atoms with Gasteiger partial charge in [0, 0.05) is 18.4 Å². The van der Waals surface area contributed by atoms with Crippen molar-refractivity contribution < 1.29 is 4.79 Å². The van der Waals surface area contributed by atoms with Crippen LogP contribution in [0.25, 0.3) is 11.3 Å². The zero-order chi connectivity index (χ0) is 17.9. The largest absolute Gasteiger partial charge is 0.323 e. The number of Topliss-reactive ketones (excluding diaryl/α,β-unsaturated/α-hetero) is 1. The summed E-state index contributed by atoms with van der Waals surface area (Å²) in [4.78, 5) is 16.6. The van der Waals surface area contributed by atoms with Crippen LogP contribution in [0.2, 0.25) is 0 Å². The summed E-state index contributed by atoms with van der Waals surface area (Å²) in [6, 6.07) is 18.1. The molecule has 0 saturated heterocycles. The number of hydrogen-bond donors (Lipinski definition) is 0. The predicted molar refractivity (Wildman–Crippen MR) is 99.5 cm³/mol. The van der Waals surface area contributed by atoms with E-state index in [1.54, 1.807) is 12.1 Å². The van der Waals surface area contributed by atoms with Gasteiger partial charge >= 0.3 is 0 Å². The van der Waals surface area contributed by atoms with E-state index in [1.807, 2.05) is 24.7 Å². The van der Waals surface area contributed by atoms with Gasteiger partial charge in [-0.05, 0) is 36.1 Å². The van der Waals surface area contributed by atoms with Crippen LogP contribution >= 0.6 is 0 Å². The predicted octanol–water partition coefficient (Wildman–Crippen LogP) is 4.31. The summed E-state index contributed by atoms with van der Waals surface area (Å²) >= 11 is 0. The van der Waals surface area contributed by atoms with E-state index in [4.69, 9.17) is 5.26 Å². The SMILES string of the molecule is N#Cc1ccc(CC(=O)CCCC2c3ccccc3-c3cncn32)cc1. The van der Waals surface area contributed by atoms with Crippen LogP contribution in [0.4, 0.5) is 0 Å². The molecule has 1 aromatic heterocycles. The molecule has 4 rings (SSSR count). The van der Waals surface area contributed by atoms with Crippen molar-refractivity contribution in [2.24, 2.45) is 0 Å². The summed E-state index contributed by atoms with van der Waals surface area (Å²) in [5.41, 5.74) is 5.33. The van der Waals surface area contributed by atoms with Crippen LogP contribution in [-0.4, -0.2) is 15.3 Å². The Kier molecular flexibility index (Phi) is 4.37. The maximum absolute atomic E-state index is 12.3. The minimum Gasteiger partial charge on any atom is -0.323 e. The van der Waals surface area contributed by atoms with E-state index in [2.05, 4.69) is 39.9 Å². The second-order valence-electron chi connectivity index (χ2n) is 6.71. The normalized spacial score (nSPS) is 14.5. The van der Waals surface area contributed by atoms with Crippen LogP contribution in [0, 0.1) is 11.3 Å². The molecule has 4 nitrogen and oxygen atoms in total. The van der Waals surface area contributed by atoms with E-state index in [0.717, 1.165) is 24.1 Å². The zero-order valence-corrected chi connectivity index (χ0v) is 14.4. The lowest BCUT2D eigenvalue weighted by Crippen LogP contribution is -2.07. The molecule has 128 valence electrons. The topological polar surface area (TPSA) is 58.7 Å². The van der Waals surface area contributed by atoms with E-state index in [1.165, 1.54) is 11.1 Å². The van der Waals surface area contributed by atoms with Gasteiger partial charge in [-0.25, -0.2) is 4.98 Å². The van der Waals surface area contributed by atoms with E-state index < -0.39 is 0 Å². The van der Waals surface area contributed by atoms with Crippen LogP contribution in [0.15, 0.2) is 61.1 Å². The lowest BCUT2D eigenvalue weighted by atomic mass is 9.97. The number of hydrogen-bond acceptors (Lipinski definition) is 3. The number of rotatable bonds is 6. The number of carbonyl (C=O) groups is 1. The Hall–Kier alpha value is -3.19. The van der Waals surface area contributed by atoms with Gasteiger partial charge in [-0.3, -0.25) is 4.79 Å². The van der Waals surface area contributed by atoms with Gasteiger partial charge in [0.15, 0.2) is 0 Å². The van der Waals surface area contributed by atoms with Gasteiger partial charge in [0.1, 0.15) is 5.78 Å². The first-order valence-electron chi connectivity index (χ1n) is 8.88. The Morgan fingerprint density at radius 3 is 2.77 bits per heavy atom. The molecular weight excluding hydrogens is 322 g/mol. The molecule has 1 atom stereocenters. The smallest absolute Gasteiger partial charge is 0.137 e. The Morgan fingerprint density at radius 1 is 1.15 bits per heavy atom. The number of aromatic nitrogens is 2. The number of nitrogens with zero attached hydrogens (tertiary/aromatic N) is 3. The molecule has 1 unspecified atom stereocenters. The van der Waals surface area contributed by atoms with E-state index in [9.17, 15) is 4.79 Å². The molecular formula is C22H19N3O. The molecule has 3 aromatic rings. The van der Waals surface area contributed by atoms with Crippen LogP contribution in [-0.2, 0) is 11.2 Å². The lowest BCUT2D eigenvalue weighted by molar-refractivity contribution is -0.118. The van der Waals surface area contributed by atoms with Crippen molar-refractivity contribution in [1.29, 1.82) is 5.26 Å². The Balaban J connectivity index is 1.36. The lowest BCUT2D eigenvalue weighted by Gasteiger charge is -2.14. The van der Waals surface area contributed by atoms with Crippen LogP contribution in [0.1, 0.15) is 42.0 Å². The fourth-order valence-electron chi connectivity index (χ4n) is 3.73. The van der Waals surface area contributed by atoms with Crippen molar-refractivity contribution in [3.05, 3.63) is 77.7 Å². The van der Waals surface area contributed by atoms with Crippen LogP contribution in [0.5, 0.6) is 0 Å². The first-order chi connectivity index (χ1) is 12.8. The van der Waals surface area contributed by atoms with Crippen LogP contribution in [0.3, 0.4) is 0 Å². The summed E-state index contributed by atoms with van der Waals surface area (Å²) < 4.78 is 2.22. The highest BCUT2D eigenvalue weighted by Gasteiger charge is 2.27. The monoisotopic (exact) mass is 341 g/mol. The number of imidazole rings is 1. The minimum atomic E-state index is 0.242. The highest BCUT2D eigenvalue weighted by Crippen LogP contribution is 2.41. The first-order valence-corrected chi connectivity index (χ1v) is 8.88. The molecule has 1 aliphatic rings. The third-order valence-corrected chi connectivity index (χ3v) is 5.02. The van der Waals surface area contributed by atoms with Crippen molar-refractivity contribution >= 4 is 5.78 Å². The number of benzene rings is 2. The van der Waals surface area contributed by atoms with E-state index in [0.29, 0.717) is 18.4 Å². The average Bonchev–Trinajstić information content (AvgIpc) is 3.25. The average molecular weight is 341 g/mol. The van der Waals surface area contributed by atoms with Gasteiger partial charge < -0.3 is 4.57 Å². The van der Waals surface area contributed by atoms with Gasteiger partial charge in [-0.1, -0.05) is 36.4 Å². The molecule has 26 heavy (non-hydrogen) atoms. The summed E-state index contributed by atoms with van der Waals surface area (Å²) in [5.74, 6) is 0.242. The Labute approximate surface area is 152 Å². The molecule has 2 heterocycles. The van der Waals surface area contributed by atoms with Gasteiger partial charge in [0.05, 0.1) is 35.9 Å². The number of nitriles is 1. The van der Waals surface area contributed by atoms with E-state index >= 15 is 0 Å². The van der Waals surface area contributed by atoms with Crippen molar-refractivity contribution in [1.82, 2.24) is 9.55 Å². The molecule has 4 heteroatoms. The van der Waals surface area contributed by atoms with Crippen molar-refractivity contribution in [3.8, 4) is 17.3 Å². The van der Waals surface area contributed by atoms with Gasteiger partial charge in [0.2, 0.25) is 0 Å². The third-order valence-electron chi connectivity index (χ3n) is 5.02. The van der Waals surface area contributed by atoms with Crippen molar-refractivity contribution in [2.75, 3.05) is 0 Å². The Morgan fingerprint density at radius 2 is 1.96 bits per heavy atom. The fraction of sp³-hybridized carbons (Fsp3) is 0.227. The zero-order valence-electron chi connectivity index (χ0n) is 14.4. The molecule has 0 amide bonds. The molecule has 0 saturated carbocycles. The molecule has 0 fully saturated rings. The van der Waals surface area contributed by atoms with Crippen molar-refractivity contribution in [3.63, 3.8) is 0 Å². The summed E-state index contributed by atoms with van der Waals surface area (Å²) in [7, 11) is 0. The van der Waals surface area contributed by atoms with Crippen LogP contribution < -0.4 is 0 Å². The molecule has 0 bridgehead atoms. The fourth-order valence-corrected chi connectivity index (χ4v) is 3.73. The van der Waals surface area contributed by atoms with Crippen molar-refractivity contribution in [2.45, 2.75) is 31.7 Å². The van der Waals surface area contributed by atoms with Gasteiger partial charge in [-0.2, -0.15) is 5.26 Å². The first kappa shape index (κ1) is 16.3. The second-order valence-corrected chi connectivity index (χ2v) is 6.71. The summed E-state index contributed by atoms with van der Waals surface area (Å²) in [6.45, 7) is 0. The third kappa shape index (κ3) is 3.04. The maximum Gasteiger partial charge on any atom is 0.137 e. The summed E-state index contributed by atoms with van der Waals surface area (Å²) in [5, 5.41) is 8.83. The van der Waals surface area contributed by atoms with Gasteiger partial charge in [0.25, 0.3) is 0 Å². The molecule has 0 aliphatic carbocycles. The standard InChI is InChI=1S/C22H19N3O/c23-13-17-10-8-16(9-11-17)12-18(26)4-3-7-21-19-5-1-2-6-20(19)22-14-24-15-25(21)22/h1-2,5-6,8-11,14-15,21H,3-4,7,12H2.